The summed E-state index contributed by atoms with van der Waals surface area (Å²) in [6.07, 6.45) is 3.70. The van der Waals surface area contributed by atoms with Gasteiger partial charge in [-0.15, -0.1) is 0 Å². The first-order chi connectivity index (χ1) is 8.50. The molecule has 1 aliphatic carbocycles. The normalized spacial score (nSPS) is 33.1. The molecule has 102 valence electrons. The summed E-state index contributed by atoms with van der Waals surface area (Å²) >= 11 is 0. The monoisotopic (exact) mass is 252 g/mol. The van der Waals surface area contributed by atoms with Crippen LogP contribution >= 0.6 is 0 Å². The molecule has 0 spiro atoms. The van der Waals surface area contributed by atoms with Crippen LogP contribution in [0.25, 0.3) is 0 Å². The third-order valence-corrected chi connectivity index (χ3v) is 4.44. The maximum atomic E-state index is 12.1. The molecular weight excluding hydrogens is 228 g/mol. The third-order valence-electron chi connectivity index (χ3n) is 4.44. The minimum absolute atomic E-state index is 0.00949. The van der Waals surface area contributed by atoms with Crippen molar-refractivity contribution in [3.8, 4) is 0 Å². The van der Waals surface area contributed by atoms with Crippen LogP contribution in [-0.4, -0.2) is 35.8 Å². The van der Waals surface area contributed by atoms with Gasteiger partial charge in [0, 0.05) is 6.54 Å². The van der Waals surface area contributed by atoms with Crippen molar-refractivity contribution >= 4 is 11.8 Å². The second kappa shape index (κ2) is 5.29. The molecule has 1 N–H and O–H groups in total. The van der Waals surface area contributed by atoms with Crippen LogP contribution in [-0.2, 0) is 9.59 Å². The fourth-order valence-corrected chi connectivity index (χ4v) is 3.29. The predicted octanol–water partition coefficient (Wildman–Crippen LogP) is 1.41. The van der Waals surface area contributed by atoms with E-state index in [9.17, 15) is 9.59 Å². The van der Waals surface area contributed by atoms with Gasteiger partial charge < -0.3 is 10.2 Å². The molecule has 2 amide bonds. The number of hydrogen-bond donors (Lipinski definition) is 1. The average molecular weight is 252 g/mol. The Kier molecular flexibility index (Phi) is 3.93. The van der Waals surface area contributed by atoms with Crippen LogP contribution < -0.4 is 5.32 Å². The third kappa shape index (κ3) is 2.52. The van der Waals surface area contributed by atoms with Gasteiger partial charge in [0.2, 0.25) is 11.8 Å². The van der Waals surface area contributed by atoms with Crippen LogP contribution in [0.4, 0.5) is 0 Å². The zero-order chi connectivity index (χ0) is 13.3. The summed E-state index contributed by atoms with van der Waals surface area (Å²) in [5.74, 6) is 1.50. The van der Waals surface area contributed by atoms with Gasteiger partial charge in [0.05, 0.1) is 6.54 Å². The number of hydrogen-bond acceptors (Lipinski definition) is 2. The highest BCUT2D eigenvalue weighted by atomic mass is 16.2. The maximum Gasteiger partial charge on any atom is 0.243 e. The van der Waals surface area contributed by atoms with Crippen molar-refractivity contribution in [3.05, 3.63) is 0 Å². The fourth-order valence-electron chi connectivity index (χ4n) is 3.29. The molecule has 0 radical (unpaired) electrons. The molecule has 3 unspecified atom stereocenters. The van der Waals surface area contributed by atoms with Crippen LogP contribution in [0.1, 0.15) is 40.0 Å². The molecule has 0 aromatic heterocycles. The molecule has 1 saturated heterocycles. The van der Waals surface area contributed by atoms with Gasteiger partial charge in [0.25, 0.3) is 0 Å². The second-order valence-electron chi connectivity index (χ2n) is 6.12. The Hall–Kier alpha value is -1.06. The van der Waals surface area contributed by atoms with E-state index in [4.69, 9.17) is 0 Å². The van der Waals surface area contributed by atoms with Crippen molar-refractivity contribution in [2.75, 3.05) is 13.1 Å². The molecule has 0 aromatic carbocycles. The zero-order valence-corrected chi connectivity index (χ0v) is 11.6. The van der Waals surface area contributed by atoms with Gasteiger partial charge in [0.15, 0.2) is 0 Å². The smallest absolute Gasteiger partial charge is 0.243 e. The van der Waals surface area contributed by atoms with Crippen LogP contribution in [0.3, 0.4) is 0 Å². The minimum Gasteiger partial charge on any atom is -0.345 e. The molecule has 4 nitrogen and oxygen atoms in total. The molecule has 2 aliphatic rings. The number of piperazine rings is 1. The van der Waals surface area contributed by atoms with Gasteiger partial charge in [-0.1, -0.05) is 33.6 Å². The Labute approximate surface area is 109 Å². The number of rotatable bonds is 3. The Bertz CT molecular complexity index is 341. The van der Waals surface area contributed by atoms with E-state index in [0.717, 1.165) is 6.54 Å². The van der Waals surface area contributed by atoms with Crippen LogP contribution in [0.2, 0.25) is 0 Å². The maximum absolute atomic E-state index is 12.1. The summed E-state index contributed by atoms with van der Waals surface area (Å²) < 4.78 is 0. The van der Waals surface area contributed by atoms with Crippen molar-refractivity contribution in [1.82, 2.24) is 10.2 Å². The molecule has 1 aliphatic heterocycles. The number of nitrogens with one attached hydrogen (secondary N) is 1. The molecule has 0 aromatic rings. The molecule has 4 heteroatoms. The van der Waals surface area contributed by atoms with Crippen molar-refractivity contribution < 1.29 is 9.59 Å². The molecular formula is C14H24N2O2. The van der Waals surface area contributed by atoms with Crippen LogP contribution in [0, 0.1) is 17.8 Å². The van der Waals surface area contributed by atoms with Gasteiger partial charge in [-0.05, 0) is 24.2 Å². The van der Waals surface area contributed by atoms with Gasteiger partial charge in [-0.2, -0.15) is 0 Å². The van der Waals surface area contributed by atoms with E-state index in [0.29, 0.717) is 11.8 Å². The van der Waals surface area contributed by atoms with Gasteiger partial charge in [-0.25, -0.2) is 0 Å². The minimum atomic E-state index is -0.279. The quantitative estimate of drug-likeness (QED) is 0.825. The van der Waals surface area contributed by atoms with Crippen molar-refractivity contribution in [2.24, 2.45) is 17.8 Å². The average Bonchev–Trinajstić information content (AvgIpc) is 2.69. The second-order valence-corrected chi connectivity index (χ2v) is 6.12. The molecule has 1 saturated carbocycles. The molecule has 2 fully saturated rings. The van der Waals surface area contributed by atoms with E-state index in [2.05, 4.69) is 12.2 Å². The summed E-state index contributed by atoms with van der Waals surface area (Å²) in [5, 5.41) is 2.70. The van der Waals surface area contributed by atoms with E-state index in [1.165, 1.54) is 19.3 Å². The summed E-state index contributed by atoms with van der Waals surface area (Å²) in [5.41, 5.74) is 0. The topological polar surface area (TPSA) is 49.4 Å². The Morgan fingerprint density at radius 2 is 2.06 bits per heavy atom. The van der Waals surface area contributed by atoms with E-state index < -0.39 is 0 Å². The van der Waals surface area contributed by atoms with Crippen molar-refractivity contribution in [1.29, 1.82) is 0 Å². The van der Waals surface area contributed by atoms with Crippen molar-refractivity contribution in [2.45, 2.75) is 46.1 Å². The van der Waals surface area contributed by atoms with Gasteiger partial charge in [-0.3, -0.25) is 9.59 Å². The lowest BCUT2D eigenvalue weighted by atomic mass is 9.93. The van der Waals surface area contributed by atoms with E-state index >= 15 is 0 Å². The molecule has 3 atom stereocenters. The van der Waals surface area contributed by atoms with Crippen LogP contribution in [0.15, 0.2) is 0 Å². The zero-order valence-electron chi connectivity index (χ0n) is 11.6. The largest absolute Gasteiger partial charge is 0.345 e. The fraction of sp³-hybridized carbons (Fsp3) is 0.857. The first-order valence-electron chi connectivity index (χ1n) is 7.08. The standard InChI is InChI=1S/C14H24N2O2/c1-9(2)13-14(18)15-7-12(17)16(13)8-11-6-4-5-10(11)3/h9-11,13H,4-8H2,1-3H3,(H,15,18). The summed E-state index contributed by atoms with van der Waals surface area (Å²) in [6.45, 7) is 7.21. The highest BCUT2D eigenvalue weighted by Crippen LogP contribution is 2.33. The lowest BCUT2D eigenvalue weighted by Gasteiger charge is -2.39. The van der Waals surface area contributed by atoms with E-state index in [-0.39, 0.29) is 30.3 Å². The number of carbonyl (C=O) groups excluding carboxylic acids is 2. The molecule has 2 rings (SSSR count). The Balaban J connectivity index is 2.10. The lowest BCUT2D eigenvalue weighted by Crippen LogP contribution is -2.61. The van der Waals surface area contributed by atoms with E-state index in [1.807, 2.05) is 18.7 Å². The van der Waals surface area contributed by atoms with Gasteiger partial charge >= 0.3 is 0 Å². The number of nitrogens with zero attached hydrogens (tertiary/aromatic N) is 1. The number of carbonyl (C=O) groups is 2. The summed E-state index contributed by atoms with van der Waals surface area (Å²) in [4.78, 5) is 25.8. The molecule has 18 heavy (non-hydrogen) atoms. The summed E-state index contributed by atoms with van der Waals surface area (Å²) in [6, 6.07) is -0.279. The predicted molar refractivity (Wildman–Crippen MR) is 69.9 cm³/mol. The number of amides is 2. The van der Waals surface area contributed by atoms with Gasteiger partial charge in [0.1, 0.15) is 6.04 Å². The lowest BCUT2D eigenvalue weighted by molar-refractivity contribution is -0.148. The highest BCUT2D eigenvalue weighted by Gasteiger charge is 2.38. The first-order valence-corrected chi connectivity index (χ1v) is 7.08. The molecule has 1 heterocycles. The highest BCUT2D eigenvalue weighted by molar-refractivity contribution is 5.94. The molecule has 0 bridgehead atoms. The summed E-state index contributed by atoms with van der Waals surface area (Å²) in [7, 11) is 0. The van der Waals surface area contributed by atoms with E-state index in [1.54, 1.807) is 0 Å². The first kappa shape index (κ1) is 13.4. The van der Waals surface area contributed by atoms with Crippen LogP contribution in [0.5, 0.6) is 0 Å². The Morgan fingerprint density at radius 1 is 1.33 bits per heavy atom. The van der Waals surface area contributed by atoms with Crippen molar-refractivity contribution in [3.63, 3.8) is 0 Å². The Morgan fingerprint density at radius 3 is 2.61 bits per heavy atom. The SMILES string of the molecule is CC(C)C1C(=O)NCC(=O)N1CC1CCCC1C.